The predicted molar refractivity (Wildman–Crippen MR) is 87.6 cm³/mol. The van der Waals surface area contributed by atoms with Crippen molar-refractivity contribution in [3.8, 4) is 0 Å². The number of rotatable bonds is 4. The SMILES string of the molecule is CC(C)O[C@H]1NC(=O)[C@@H](c2ccccc2)[C@H](c2ccccc2)O1. The van der Waals surface area contributed by atoms with Crippen LogP contribution in [0.4, 0.5) is 0 Å². The lowest BCUT2D eigenvalue weighted by atomic mass is 9.87. The molecule has 0 aromatic heterocycles. The average molecular weight is 311 g/mol. The molecule has 4 heteroatoms. The van der Waals surface area contributed by atoms with Crippen LogP contribution in [0.25, 0.3) is 0 Å². The molecule has 1 aliphatic rings. The van der Waals surface area contributed by atoms with Crippen LogP contribution in [0.3, 0.4) is 0 Å². The minimum absolute atomic E-state index is 0.0370. The van der Waals surface area contributed by atoms with E-state index in [0.29, 0.717) is 0 Å². The molecule has 1 aliphatic heterocycles. The number of carbonyl (C=O) groups excluding carboxylic acids is 1. The normalized spacial score (nSPS) is 24.5. The molecule has 2 aromatic carbocycles. The van der Waals surface area contributed by atoms with Gasteiger partial charge < -0.3 is 14.8 Å². The lowest BCUT2D eigenvalue weighted by Gasteiger charge is -2.37. The van der Waals surface area contributed by atoms with Crippen LogP contribution in [-0.4, -0.2) is 18.4 Å². The number of hydrogen-bond donors (Lipinski definition) is 1. The molecule has 0 radical (unpaired) electrons. The summed E-state index contributed by atoms with van der Waals surface area (Å²) in [4.78, 5) is 12.7. The van der Waals surface area contributed by atoms with Crippen molar-refractivity contribution in [3.05, 3.63) is 71.8 Å². The largest absolute Gasteiger partial charge is 0.333 e. The summed E-state index contributed by atoms with van der Waals surface area (Å²) in [6, 6.07) is 19.5. The first-order valence-corrected chi connectivity index (χ1v) is 7.86. The van der Waals surface area contributed by atoms with Crippen LogP contribution >= 0.6 is 0 Å². The maximum atomic E-state index is 12.7. The van der Waals surface area contributed by atoms with Crippen molar-refractivity contribution < 1.29 is 14.3 Å². The van der Waals surface area contributed by atoms with Crippen molar-refractivity contribution in [2.45, 2.75) is 38.4 Å². The Labute approximate surface area is 136 Å². The van der Waals surface area contributed by atoms with E-state index in [4.69, 9.17) is 9.47 Å². The zero-order chi connectivity index (χ0) is 16.2. The molecular weight excluding hydrogens is 290 g/mol. The third-order valence-corrected chi connectivity index (χ3v) is 3.80. The molecule has 1 N–H and O–H groups in total. The highest BCUT2D eigenvalue weighted by Crippen LogP contribution is 2.38. The van der Waals surface area contributed by atoms with Gasteiger partial charge in [-0.25, -0.2) is 0 Å². The number of nitrogens with one attached hydrogen (secondary N) is 1. The van der Waals surface area contributed by atoms with Crippen molar-refractivity contribution in [3.63, 3.8) is 0 Å². The van der Waals surface area contributed by atoms with Gasteiger partial charge in [-0.2, -0.15) is 0 Å². The molecule has 0 bridgehead atoms. The molecule has 120 valence electrons. The van der Waals surface area contributed by atoms with Crippen LogP contribution < -0.4 is 5.32 Å². The molecule has 1 amide bonds. The predicted octanol–water partition coefficient (Wildman–Crippen LogP) is 3.37. The molecule has 2 aromatic rings. The van der Waals surface area contributed by atoms with Gasteiger partial charge in [0.05, 0.1) is 12.0 Å². The van der Waals surface area contributed by atoms with E-state index in [1.165, 1.54) is 0 Å². The highest BCUT2D eigenvalue weighted by Gasteiger charge is 2.39. The Balaban J connectivity index is 1.94. The second-order valence-electron chi connectivity index (χ2n) is 5.88. The highest BCUT2D eigenvalue weighted by molar-refractivity contribution is 5.85. The van der Waals surface area contributed by atoms with E-state index >= 15 is 0 Å². The van der Waals surface area contributed by atoms with Crippen molar-refractivity contribution in [1.82, 2.24) is 5.32 Å². The van der Waals surface area contributed by atoms with Gasteiger partial charge in [-0.1, -0.05) is 60.7 Å². The van der Waals surface area contributed by atoms with Crippen molar-refractivity contribution in [2.24, 2.45) is 0 Å². The molecule has 0 spiro atoms. The summed E-state index contributed by atoms with van der Waals surface area (Å²) >= 11 is 0. The first-order chi connectivity index (χ1) is 11.1. The van der Waals surface area contributed by atoms with Gasteiger partial charge in [0.2, 0.25) is 12.3 Å². The van der Waals surface area contributed by atoms with E-state index < -0.39 is 12.3 Å². The number of amides is 1. The van der Waals surface area contributed by atoms with Gasteiger partial charge in [0.25, 0.3) is 0 Å². The van der Waals surface area contributed by atoms with Crippen molar-refractivity contribution >= 4 is 5.91 Å². The molecular formula is C19H21NO3. The molecule has 3 rings (SSSR count). The Kier molecular flexibility index (Phi) is 4.74. The van der Waals surface area contributed by atoms with Gasteiger partial charge in [0, 0.05) is 0 Å². The van der Waals surface area contributed by atoms with Gasteiger partial charge in [-0.15, -0.1) is 0 Å². The van der Waals surface area contributed by atoms with E-state index in [-0.39, 0.29) is 18.1 Å². The first-order valence-electron chi connectivity index (χ1n) is 7.86. The summed E-state index contributed by atoms with van der Waals surface area (Å²) in [6.45, 7) is 3.83. The summed E-state index contributed by atoms with van der Waals surface area (Å²) in [5, 5.41) is 2.81. The standard InChI is InChI=1S/C19H21NO3/c1-13(2)22-19-20-18(21)16(14-9-5-3-6-10-14)17(23-19)15-11-7-4-8-12-15/h3-13,16-17,19H,1-2H3,(H,20,21)/t16-,17-,19+/m0/s1. The van der Waals surface area contributed by atoms with Crippen LogP contribution in [0.5, 0.6) is 0 Å². The maximum absolute atomic E-state index is 12.7. The lowest BCUT2D eigenvalue weighted by Crippen LogP contribution is -2.50. The molecule has 23 heavy (non-hydrogen) atoms. The molecule has 1 fully saturated rings. The fraction of sp³-hybridized carbons (Fsp3) is 0.316. The van der Waals surface area contributed by atoms with Crippen LogP contribution in [0, 0.1) is 0 Å². The molecule has 1 saturated heterocycles. The Hall–Kier alpha value is -2.17. The van der Waals surface area contributed by atoms with Gasteiger partial charge in [0.15, 0.2) is 0 Å². The molecule has 0 unspecified atom stereocenters. The number of hydrogen-bond acceptors (Lipinski definition) is 3. The van der Waals surface area contributed by atoms with Gasteiger partial charge in [-0.05, 0) is 25.0 Å². The molecule has 4 nitrogen and oxygen atoms in total. The van der Waals surface area contributed by atoms with Gasteiger partial charge in [-0.3, -0.25) is 4.79 Å². The Morgan fingerprint density at radius 3 is 2.09 bits per heavy atom. The number of carbonyl (C=O) groups is 1. The molecule has 0 aliphatic carbocycles. The molecule has 3 atom stereocenters. The average Bonchev–Trinajstić information content (AvgIpc) is 2.55. The topological polar surface area (TPSA) is 47.6 Å². The van der Waals surface area contributed by atoms with Crippen LogP contribution in [0.2, 0.25) is 0 Å². The summed E-state index contributed by atoms with van der Waals surface area (Å²) in [5.74, 6) is -0.479. The smallest absolute Gasteiger partial charge is 0.240 e. The van der Waals surface area contributed by atoms with Gasteiger partial charge in [0.1, 0.15) is 6.10 Å². The minimum Gasteiger partial charge on any atom is -0.333 e. The second-order valence-corrected chi connectivity index (χ2v) is 5.88. The lowest BCUT2D eigenvalue weighted by molar-refractivity contribution is -0.227. The summed E-state index contributed by atoms with van der Waals surface area (Å²) in [5.41, 5.74) is 1.90. The Morgan fingerprint density at radius 2 is 1.52 bits per heavy atom. The van der Waals surface area contributed by atoms with E-state index in [1.54, 1.807) is 0 Å². The van der Waals surface area contributed by atoms with E-state index in [2.05, 4.69) is 5.32 Å². The van der Waals surface area contributed by atoms with Crippen molar-refractivity contribution in [1.29, 1.82) is 0 Å². The van der Waals surface area contributed by atoms with Crippen molar-refractivity contribution in [2.75, 3.05) is 0 Å². The zero-order valence-corrected chi connectivity index (χ0v) is 13.3. The van der Waals surface area contributed by atoms with Crippen LogP contribution in [0.1, 0.15) is 37.0 Å². The molecule has 1 heterocycles. The zero-order valence-electron chi connectivity index (χ0n) is 13.3. The monoisotopic (exact) mass is 311 g/mol. The maximum Gasteiger partial charge on any atom is 0.240 e. The highest BCUT2D eigenvalue weighted by atomic mass is 16.7. The van der Waals surface area contributed by atoms with E-state index in [0.717, 1.165) is 11.1 Å². The third-order valence-electron chi connectivity index (χ3n) is 3.80. The Bertz CT molecular complexity index is 642. The third kappa shape index (κ3) is 3.60. The second kappa shape index (κ2) is 6.94. The van der Waals surface area contributed by atoms with Crippen LogP contribution in [0.15, 0.2) is 60.7 Å². The number of benzene rings is 2. The number of ether oxygens (including phenoxy) is 2. The van der Waals surface area contributed by atoms with E-state index in [9.17, 15) is 4.79 Å². The summed E-state index contributed by atoms with van der Waals surface area (Å²) < 4.78 is 11.7. The fourth-order valence-corrected chi connectivity index (χ4v) is 2.80. The molecule has 0 saturated carbocycles. The summed E-state index contributed by atoms with van der Waals surface area (Å²) in [7, 11) is 0. The van der Waals surface area contributed by atoms with Crippen LogP contribution in [-0.2, 0) is 14.3 Å². The minimum atomic E-state index is -0.729. The Morgan fingerprint density at radius 1 is 0.957 bits per heavy atom. The van der Waals surface area contributed by atoms with E-state index in [1.807, 2.05) is 74.5 Å². The quantitative estimate of drug-likeness (QED) is 0.942. The first kappa shape index (κ1) is 15.7. The fourth-order valence-electron chi connectivity index (χ4n) is 2.80. The summed E-state index contributed by atoms with van der Waals surface area (Å²) in [6.07, 6.45) is -1.14. The van der Waals surface area contributed by atoms with Gasteiger partial charge >= 0.3 is 0 Å².